The number of phenols is 1. The van der Waals surface area contributed by atoms with E-state index in [4.69, 9.17) is 0 Å². The minimum Gasteiger partial charge on any atom is -0.508 e. The normalized spacial score (nSPS) is 10.6. The van der Waals surface area contributed by atoms with Crippen LogP contribution >= 0.6 is 0 Å². The van der Waals surface area contributed by atoms with Gasteiger partial charge in [0.25, 0.3) is 0 Å². The Morgan fingerprint density at radius 2 is 1.71 bits per heavy atom. The van der Waals surface area contributed by atoms with Crippen molar-refractivity contribution in [3.8, 4) is 5.75 Å². The molecule has 1 heteroatoms. The number of hydrogen-bond acceptors (Lipinski definition) is 1. The molecule has 2 aromatic rings. The monoisotopic (exact) mass is 186 g/mol. The second kappa shape index (κ2) is 3.70. The van der Waals surface area contributed by atoms with Gasteiger partial charge < -0.3 is 5.11 Å². The summed E-state index contributed by atoms with van der Waals surface area (Å²) in [7, 11) is 0. The van der Waals surface area contributed by atoms with Gasteiger partial charge in [-0.1, -0.05) is 37.6 Å². The van der Waals surface area contributed by atoms with Crippen molar-refractivity contribution in [1.29, 1.82) is 0 Å². The van der Waals surface area contributed by atoms with Crippen LogP contribution in [0, 0.1) is 0 Å². The molecule has 1 nitrogen and oxygen atoms in total. The first-order chi connectivity index (χ1) is 6.81. The zero-order chi connectivity index (χ0) is 9.97. The molecule has 0 spiro atoms. The van der Waals surface area contributed by atoms with Gasteiger partial charge in [0.15, 0.2) is 0 Å². The maximum atomic E-state index is 9.74. The molecule has 2 rings (SSSR count). The predicted molar refractivity (Wildman–Crippen MR) is 59.6 cm³/mol. The van der Waals surface area contributed by atoms with Gasteiger partial charge in [0.2, 0.25) is 0 Å². The fourth-order valence-electron chi connectivity index (χ4n) is 1.75. The maximum Gasteiger partial charge on any atom is 0.119 e. The lowest BCUT2D eigenvalue weighted by atomic mass is 10.0. The van der Waals surface area contributed by atoms with Gasteiger partial charge in [0.1, 0.15) is 5.75 Å². The Balaban J connectivity index is 2.59. The zero-order valence-electron chi connectivity index (χ0n) is 8.33. The molecule has 0 bridgehead atoms. The summed E-state index contributed by atoms with van der Waals surface area (Å²) in [5.41, 5.74) is 1.05. The van der Waals surface area contributed by atoms with Crippen molar-refractivity contribution in [2.75, 3.05) is 0 Å². The van der Waals surface area contributed by atoms with E-state index in [-0.39, 0.29) is 0 Å². The van der Waals surface area contributed by atoms with E-state index in [0.29, 0.717) is 5.75 Å². The van der Waals surface area contributed by atoms with E-state index in [0.717, 1.165) is 23.8 Å². The number of benzene rings is 2. The largest absolute Gasteiger partial charge is 0.508 e. The van der Waals surface area contributed by atoms with Gasteiger partial charge in [-0.15, -0.1) is 0 Å². The predicted octanol–water partition coefficient (Wildman–Crippen LogP) is 3.50. The Labute approximate surface area is 84.0 Å². The number of aromatic hydroxyl groups is 1. The van der Waals surface area contributed by atoms with Gasteiger partial charge in [0.05, 0.1) is 0 Å². The smallest absolute Gasteiger partial charge is 0.119 e. The maximum absolute atomic E-state index is 9.74. The minimum absolute atomic E-state index is 0.422. The molecule has 0 saturated carbocycles. The van der Waals surface area contributed by atoms with Crippen LogP contribution in [0.2, 0.25) is 0 Å². The second-order valence-electron chi connectivity index (χ2n) is 3.58. The first-order valence-corrected chi connectivity index (χ1v) is 5.02. The van der Waals surface area contributed by atoms with Crippen molar-refractivity contribution in [3.63, 3.8) is 0 Å². The third kappa shape index (κ3) is 1.58. The van der Waals surface area contributed by atoms with Crippen molar-refractivity contribution in [2.24, 2.45) is 0 Å². The van der Waals surface area contributed by atoms with E-state index in [2.05, 4.69) is 19.1 Å². The second-order valence-corrected chi connectivity index (χ2v) is 3.58. The summed E-state index contributed by atoms with van der Waals surface area (Å²) in [6.07, 6.45) is 2.00. The van der Waals surface area contributed by atoms with Crippen LogP contribution < -0.4 is 0 Å². The summed E-state index contributed by atoms with van der Waals surface area (Å²) in [6.45, 7) is 2.12. The fourth-order valence-corrected chi connectivity index (χ4v) is 1.75. The Morgan fingerprint density at radius 1 is 1.07 bits per heavy atom. The molecular formula is C13H14O. The van der Waals surface area contributed by atoms with Crippen LogP contribution in [0.5, 0.6) is 5.75 Å². The third-order valence-corrected chi connectivity index (χ3v) is 2.47. The minimum atomic E-state index is 0.422. The quantitative estimate of drug-likeness (QED) is 0.761. The van der Waals surface area contributed by atoms with Crippen molar-refractivity contribution < 1.29 is 5.11 Å². The fraction of sp³-hybridized carbons (Fsp3) is 0.231. The molecule has 72 valence electrons. The third-order valence-electron chi connectivity index (χ3n) is 2.47. The Bertz CT molecular complexity index is 446. The highest BCUT2D eigenvalue weighted by molar-refractivity contribution is 5.84. The molecule has 1 N–H and O–H groups in total. The molecule has 0 aliphatic carbocycles. The van der Waals surface area contributed by atoms with E-state index >= 15 is 0 Å². The molecule has 0 saturated heterocycles. The van der Waals surface area contributed by atoms with Crippen molar-refractivity contribution in [1.82, 2.24) is 0 Å². The van der Waals surface area contributed by atoms with Gasteiger partial charge in [-0.2, -0.15) is 0 Å². The van der Waals surface area contributed by atoms with Gasteiger partial charge in [-0.05, 0) is 34.9 Å². The van der Waals surface area contributed by atoms with E-state index < -0.39 is 0 Å². The average Bonchev–Trinajstić information content (AvgIpc) is 2.19. The Morgan fingerprint density at radius 3 is 2.36 bits per heavy atom. The van der Waals surface area contributed by atoms with Gasteiger partial charge in [-0.25, -0.2) is 0 Å². The SMILES string of the molecule is CCCc1cc2ccccc2cc1O. The van der Waals surface area contributed by atoms with Crippen LogP contribution in [0.3, 0.4) is 0 Å². The van der Waals surface area contributed by atoms with Gasteiger partial charge in [0, 0.05) is 0 Å². The lowest BCUT2D eigenvalue weighted by Gasteiger charge is -2.05. The van der Waals surface area contributed by atoms with Crippen molar-refractivity contribution >= 4 is 10.8 Å². The van der Waals surface area contributed by atoms with Gasteiger partial charge >= 0.3 is 0 Å². The molecule has 14 heavy (non-hydrogen) atoms. The highest BCUT2D eigenvalue weighted by atomic mass is 16.3. The first-order valence-electron chi connectivity index (χ1n) is 5.02. The van der Waals surface area contributed by atoms with Gasteiger partial charge in [-0.3, -0.25) is 0 Å². The molecule has 0 fully saturated rings. The number of phenolic OH excluding ortho intramolecular Hbond substituents is 1. The number of rotatable bonds is 2. The zero-order valence-corrected chi connectivity index (χ0v) is 8.33. The van der Waals surface area contributed by atoms with Crippen LogP contribution in [0.4, 0.5) is 0 Å². The van der Waals surface area contributed by atoms with E-state index in [1.165, 1.54) is 5.39 Å². The summed E-state index contributed by atoms with van der Waals surface area (Å²) in [5, 5.41) is 12.0. The van der Waals surface area contributed by atoms with E-state index in [1.807, 2.05) is 24.3 Å². The molecule has 0 aliphatic heterocycles. The summed E-state index contributed by atoms with van der Waals surface area (Å²) < 4.78 is 0. The highest BCUT2D eigenvalue weighted by Gasteiger charge is 2.01. The summed E-state index contributed by atoms with van der Waals surface area (Å²) >= 11 is 0. The number of aryl methyl sites for hydroxylation is 1. The molecule has 0 heterocycles. The van der Waals surface area contributed by atoms with Crippen LogP contribution in [-0.2, 0) is 6.42 Å². The standard InChI is InChI=1S/C13H14O/c1-2-5-12-8-10-6-3-4-7-11(10)9-13(12)14/h3-4,6-9,14H,2,5H2,1H3. The molecule has 0 amide bonds. The van der Waals surface area contributed by atoms with Crippen LogP contribution in [0.15, 0.2) is 36.4 Å². The van der Waals surface area contributed by atoms with E-state index in [9.17, 15) is 5.11 Å². The molecule has 0 aromatic heterocycles. The molecule has 0 aliphatic rings. The molecule has 0 atom stereocenters. The first kappa shape index (κ1) is 9.07. The van der Waals surface area contributed by atoms with Crippen LogP contribution in [0.1, 0.15) is 18.9 Å². The molecule has 0 radical (unpaired) electrons. The summed E-state index contributed by atoms with van der Waals surface area (Å²) in [6, 6.07) is 12.0. The van der Waals surface area contributed by atoms with Crippen molar-refractivity contribution in [3.05, 3.63) is 42.0 Å². The van der Waals surface area contributed by atoms with Crippen LogP contribution in [-0.4, -0.2) is 5.11 Å². The summed E-state index contributed by atoms with van der Waals surface area (Å²) in [4.78, 5) is 0. The Kier molecular flexibility index (Phi) is 2.40. The lowest BCUT2D eigenvalue weighted by Crippen LogP contribution is -1.84. The topological polar surface area (TPSA) is 20.2 Å². The van der Waals surface area contributed by atoms with E-state index in [1.54, 1.807) is 0 Å². The lowest BCUT2D eigenvalue weighted by molar-refractivity contribution is 0.468. The Hall–Kier alpha value is -1.50. The molecule has 2 aromatic carbocycles. The molecular weight excluding hydrogens is 172 g/mol. The van der Waals surface area contributed by atoms with Crippen molar-refractivity contribution in [2.45, 2.75) is 19.8 Å². The van der Waals surface area contributed by atoms with Crippen LogP contribution in [0.25, 0.3) is 10.8 Å². The molecule has 0 unspecified atom stereocenters. The summed E-state index contributed by atoms with van der Waals surface area (Å²) in [5.74, 6) is 0.422. The number of fused-ring (bicyclic) bond motifs is 1. The number of hydrogen-bond donors (Lipinski definition) is 1. The highest BCUT2D eigenvalue weighted by Crippen LogP contribution is 2.25. The average molecular weight is 186 g/mol.